The van der Waals surface area contributed by atoms with Crippen LogP contribution < -0.4 is 0 Å². The number of hydrogen-bond acceptors (Lipinski definition) is 0. The molecule has 2 aromatic rings. The average molecular weight is 234 g/mol. The first-order valence-electron chi connectivity index (χ1n) is 6.22. The molecule has 0 fully saturated rings. The minimum absolute atomic E-state index is 0.969. The van der Waals surface area contributed by atoms with Crippen molar-refractivity contribution in [3.8, 4) is 0 Å². The summed E-state index contributed by atoms with van der Waals surface area (Å²) in [6, 6.07) is 18.8. The molecule has 18 heavy (non-hydrogen) atoms. The van der Waals surface area contributed by atoms with Gasteiger partial charge in [-0.15, -0.1) is 0 Å². The second-order valence-electron chi connectivity index (χ2n) is 4.48. The molecule has 0 radical (unpaired) electrons. The van der Waals surface area contributed by atoms with Gasteiger partial charge in [-0.1, -0.05) is 78.9 Å². The lowest BCUT2D eigenvalue weighted by atomic mass is 9.99. The van der Waals surface area contributed by atoms with Crippen molar-refractivity contribution in [2.45, 2.75) is 13.3 Å². The highest BCUT2D eigenvalue weighted by Crippen LogP contribution is 2.16. The fraction of sp³-hybridized carbons (Fsp3) is 0.111. The summed E-state index contributed by atoms with van der Waals surface area (Å²) in [4.78, 5) is 0. The highest BCUT2D eigenvalue weighted by Gasteiger charge is 1.99. The Kier molecular flexibility index (Phi) is 4.14. The van der Waals surface area contributed by atoms with E-state index in [9.17, 15) is 0 Å². The zero-order valence-electron chi connectivity index (χ0n) is 10.8. The monoisotopic (exact) mass is 234 g/mol. The minimum Gasteiger partial charge on any atom is -0.0985 e. The van der Waals surface area contributed by atoms with Gasteiger partial charge in [0.2, 0.25) is 0 Å². The van der Waals surface area contributed by atoms with E-state index in [0.29, 0.717) is 0 Å². The first kappa shape index (κ1) is 12.4. The molecule has 0 aliphatic carbocycles. The molecule has 2 aromatic carbocycles. The van der Waals surface area contributed by atoms with Gasteiger partial charge in [-0.3, -0.25) is 0 Å². The summed E-state index contributed by atoms with van der Waals surface area (Å²) in [6.45, 7) is 6.04. The zero-order chi connectivity index (χ0) is 12.8. The maximum atomic E-state index is 3.86. The van der Waals surface area contributed by atoms with Crippen LogP contribution in [0.3, 0.4) is 0 Å². The molecule has 0 aromatic heterocycles. The summed E-state index contributed by atoms with van der Waals surface area (Å²) >= 11 is 0. The molecule has 0 saturated heterocycles. The van der Waals surface area contributed by atoms with E-state index in [4.69, 9.17) is 0 Å². The van der Waals surface area contributed by atoms with Gasteiger partial charge in [-0.05, 0) is 30.0 Å². The van der Waals surface area contributed by atoms with Gasteiger partial charge < -0.3 is 0 Å². The lowest BCUT2D eigenvalue weighted by Crippen LogP contribution is -1.90. The topological polar surface area (TPSA) is 0 Å². The highest BCUT2D eigenvalue weighted by atomic mass is 14.0. The van der Waals surface area contributed by atoms with Crippen LogP contribution in [0.1, 0.15) is 23.6 Å². The zero-order valence-corrected chi connectivity index (χ0v) is 10.8. The Balaban J connectivity index is 2.19. The van der Waals surface area contributed by atoms with Crippen molar-refractivity contribution in [3.63, 3.8) is 0 Å². The van der Waals surface area contributed by atoms with Gasteiger partial charge in [-0.25, -0.2) is 0 Å². The normalized spacial score (nSPS) is 11.3. The van der Waals surface area contributed by atoms with E-state index in [-0.39, 0.29) is 0 Å². The second kappa shape index (κ2) is 6.02. The third-order valence-corrected chi connectivity index (χ3v) is 2.96. The Morgan fingerprint density at radius 2 is 1.67 bits per heavy atom. The molecule has 0 unspecified atom stereocenters. The summed E-state index contributed by atoms with van der Waals surface area (Å²) in [5, 5.41) is 0. The van der Waals surface area contributed by atoms with Crippen molar-refractivity contribution < 1.29 is 0 Å². The van der Waals surface area contributed by atoms with Crippen LogP contribution in [-0.4, -0.2) is 0 Å². The first-order chi connectivity index (χ1) is 8.79. The van der Waals surface area contributed by atoms with Crippen LogP contribution in [0.25, 0.3) is 12.2 Å². The quantitative estimate of drug-likeness (QED) is 0.700. The molecular weight excluding hydrogens is 216 g/mol. The largest absolute Gasteiger partial charge is 0.0985 e. The highest BCUT2D eigenvalue weighted by molar-refractivity contribution is 5.56. The molecular formula is C18H18. The summed E-state index contributed by atoms with van der Waals surface area (Å²) in [5.41, 5.74) is 5.16. The number of rotatable bonds is 4. The van der Waals surface area contributed by atoms with Crippen molar-refractivity contribution in [2.75, 3.05) is 0 Å². The predicted octanol–water partition coefficient (Wildman–Crippen LogP) is 4.98. The standard InChI is InChI=1S/C18H18/c1-3-17-11-7-8-12-18(17)14-15(2)13-16-9-5-4-6-10-16/h3-13H,1,14H2,2H3. The molecule has 0 nitrogen and oxygen atoms in total. The van der Waals surface area contributed by atoms with Crippen LogP contribution in [0.5, 0.6) is 0 Å². The Bertz CT molecular complexity index is 547. The van der Waals surface area contributed by atoms with Crippen LogP contribution in [0.15, 0.2) is 66.7 Å². The minimum atomic E-state index is 0.969. The molecule has 0 amide bonds. The number of allylic oxidation sites excluding steroid dienone is 1. The van der Waals surface area contributed by atoms with Crippen molar-refractivity contribution in [2.24, 2.45) is 0 Å². The van der Waals surface area contributed by atoms with Crippen molar-refractivity contribution in [3.05, 3.63) is 83.4 Å². The maximum absolute atomic E-state index is 3.86. The molecule has 0 bridgehead atoms. The van der Waals surface area contributed by atoms with Gasteiger partial charge in [0, 0.05) is 0 Å². The Labute approximate surface area is 109 Å². The van der Waals surface area contributed by atoms with Crippen LogP contribution in [0.2, 0.25) is 0 Å². The van der Waals surface area contributed by atoms with Crippen LogP contribution in [0, 0.1) is 0 Å². The van der Waals surface area contributed by atoms with Crippen LogP contribution >= 0.6 is 0 Å². The van der Waals surface area contributed by atoms with Gasteiger partial charge in [0.05, 0.1) is 0 Å². The van der Waals surface area contributed by atoms with E-state index < -0.39 is 0 Å². The summed E-state index contributed by atoms with van der Waals surface area (Å²) in [7, 11) is 0. The second-order valence-corrected chi connectivity index (χ2v) is 4.48. The van der Waals surface area contributed by atoms with Gasteiger partial charge in [-0.2, -0.15) is 0 Å². The lowest BCUT2D eigenvalue weighted by molar-refractivity contribution is 1.15. The van der Waals surface area contributed by atoms with Gasteiger partial charge >= 0.3 is 0 Å². The first-order valence-corrected chi connectivity index (χ1v) is 6.22. The van der Waals surface area contributed by atoms with E-state index in [1.54, 1.807) is 0 Å². The molecule has 0 spiro atoms. The van der Waals surface area contributed by atoms with E-state index in [0.717, 1.165) is 6.42 Å². The molecule has 0 heterocycles. The number of benzene rings is 2. The smallest absolute Gasteiger partial charge is 0.00606 e. The van der Waals surface area contributed by atoms with E-state index in [2.05, 4.69) is 68.1 Å². The van der Waals surface area contributed by atoms with Gasteiger partial charge in [0.15, 0.2) is 0 Å². The predicted molar refractivity (Wildman–Crippen MR) is 80.3 cm³/mol. The number of hydrogen-bond donors (Lipinski definition) is 0. The Morgan fingerprint density at radius 3 is 2.39 bits per heavy atom. The van der Waals surface area contributed by atoms with Crippen molar-refractivity contribution in [1.29, 1.82) is 0 Å². The van der Waals surface area contributed by atoms with E-state index in [1.807, 2.05) is 12.1 Å². The summed E-state index contributed by atoms with van der Waals surface area (Å²) < 4.78 is 0. The molecule has 0 N–H and O–H groups in total. The van der Waals surface area contributed by atoms with Crippen molar-refractivity contribution in [1.82, 2.24) is 0 Å². The molecule has 0 aliphatic heterocycles. The van der Waals surface area contributed by atoms with E-state index in [1.165, 1.54) is 22.3 Å². The fourth-order valence-electron chi connectivity index (χ4n) is 2.08. The SMILES string of the molecule is C=Cc1ccccc1CC(C)=Cc1ccccc1. The van der Waals surface area contributed by atoms with Crippen LogP contribution in [0.4, 0.5) is 0 Å². The molecule has 0 aliphatic rings. The average Bonchev–Trinajstić information content (AvgIpc) is 2.40. The molecule has 0 heteroatoms. The molecule has 0 atom stereocenters. The van der Waals surface area contributed by atoms with Crippen LogP contribution in [-0.2, 0) is 6.42 Å². The summed E-state index contributed by atoms with van der Waals surface area (Å²) in [5.74, 6) is 0. The molecule has 90 valence electrons. The third-order valence-electron chi connectivity index (χ3n) is 2.96. The molecule has 2 rings (SSSR count). The van der Waals surface area contributed by atoms with Gasteiger partial charge in [0.25, 0.3) is 0 Å². The van der Waals surface area contributed by atoms with Crippen molar-refractivity contribution >= 4 is 12.2 Å². The lowest BCUT2D eigenvalue weighted by Gasteiger charge is -2.06. The Hall–Kier alpha value is -2.08. The third kappa shape index (κ3) is 3.21. The Morgan fingerprint density at radius 1 is 1.00 bits per heavy atom. The molecule has 0 saturated carbocycles. The maximum Gasteiger partial charge on any atom is -0.00606 e. The fourth-order valence-corrected chi connectivity index (χ4v) is 2.08. The van der Waals surface area contributed by atoms with Gasteiger partial charge in [0.1, 0.15) is 0 Å². The summed E-state index contributed by atoms with van der Waals surface area (Å²) in [6.07, 6.45) is 5.13. The van der Waals surface area contributed by atoms with E-state index >= 15 is 0 Å².